The summed E-state index contributed by atoms with van der Waals surface area (Å²) in [6.07, 6.45) is 1.68. The predicted octanol–water partition coefficient (Wildman–Crippen LogP) is 8.16. The maximum Gasteiger partial charge on any atom is 0.175 e. The van der Waals surface area contributed by atoms with Crippen molar-refractivity contribution in [1.82, 2.24) is 5.43 Å². The van der Waals surface area contributed by atoms with E-state index in [0.29, 0.717) is 51.3 Å². The van der Waals surface area contributed by atoms with Crippen LogP contribution in [0.25, 0.3) is 0 Å². The molecule has 0 spiro atoms. The minimum atomic E-state index is 0.309. The SMILES string of the molecule is CCOc1cc(/C=N\NCc2c(Cl)cccc2Cl)cc(Br)c1OCc1ccc(Cl)c(Cl)c1. The molecule has 0 saturated carbocycles. The molecule has 0 unspecified atom stereocenters. The summed E-state index contributed by atoms with van der Waals surface area (Å²) in [7, 11) is 0. The van der Waals surface area contributed by atoms with Crippen LogP contribution in [0.1, 0.15) is 23.6 Å². The Morgan fingerprint density at radius 3 is 2.38 bits per heavy atom. The lowest BCUT2D eigenvalue weighted by atomic mass is 10.2. The van der Waals surface area contributed by atoms with Crippen molar-refractivity contribution in [2.24, 2.45) is 5.10 Å². The molecule has 0 heterocycles. The molecule has 0 aliphatic carbocycles. The summed E-state index contributed by atoms with van der Waals surface area (Å²) in [6, 6.07) is 14.5. The summed E-state index contributed by atoms with van der Waals surface area (Å²) >= 11 is 28.0. The van der Waals surface area contributed by atoms with Crippen molar-refractivity contribution in [2.45, 2.75) is 20.1 Å². The Kier molecular flexibility index (Phi) is 9.38. The van der Waals surface area contributed by atoms with Crippen LogP contribution in [0.15, 0.2) is 58.1 Å². The second-order valence-corrected chi connectivity index (χ2v) is 9.08. The molecule has 3 aromatic rings. The first-order valence-electron chi connectivity index (χ1n) is 9.61. The maximum absolute atomic E-state index is 6.18. The van der Waals surface area contributed by atoms with Crippen LogP contribution >= 0.6 is 62.3 Å². The van der Waals surface area contributed by atoms with E-state index in [-0.39, 0.29) is 0 Å². The molecule has 0 aliphatic heterocycles. The van der Waals surface area contributed by atoms with Gasteiger partial charge in [-0.15, -0.1) is 0 Å². The van der Waals surface area contributed by atoms with Gasteiger partial charge in [-0.1, -0.05) is 58.5 Å². The van der Waals surface area contributed by atoms with Gasteiger partial charge in [0, 0.05) is 15.6 Å². The van der Waals surface area contributed by atoms with Gasteiger partial charge in [-0.05, 0) is 70.4 Å². The number of hydrazone groups is 1. The van der Waals surface area contributed by atoms with Crippen LogP contribution < -0.4 is 14.9 Å². The number of nitrogens with one attached hydrogen (secondary N) is 1. The molecule has 32 heavy (non-hydrogen) atoms. The van der Waals surface area contributed by atoms with E-state index in [1.807, 2.05) is 25.1 Å². The van der Waals surface area contributed by atoms with Gasteiger partial charge in [0.05, 0.1) is 33.9 Å². The van der Waals surface area contributed by atoms with Crippen molar-refractivity contribution in [2.75, 3.05) is 6.61 Å². The number of halogens is 5. The zero-order chi connectivity index (χ0) is 23.1. The van der Waals surface area contributed by atoms with Crippen molar-refractivity contribution >= 4 is 68.5 Å². The van der Waals surface area contributed by atoms with E-state index in [4.69, 9.17) is 55.9 Å². The Morgan fingerprint density at radius 2 is 1.69 bits per heavy atom. The number of hydrogen-bond donors (Lipinski definition) is 1. The Hall–Kier alpha value is -1.63. The number of nitrogens with zero attached hydrogens (tertiary/aromatic N) is 1. The quantitative estimate of drug-likeness (QED) is 0.206. The predicted molar refractivity (Wildman–Crippen MR) is 137 cm³/mol. The first kappa shape index (κ1) is 25.0. The Labute approximate surface area is 215 Å². The number of benzene rings is 3. The molecule has 0 atom stereocenters. The molecule has 3 rings (SSSR count). The van der Waals surface area contributed by atoms with Crippen molar-refractivity contribution in [3.8, 4) is 11.5 Å². The van der Waals surface area contributed by atoms with Gasteiger partial charge in [-0.2, -0.15) is 5.10 Å². The standard InChI is InChI=1S/C23H19BrCl4N2O2/c1-2-31-22-10-15(11-29-30-12-16-18(25)4-3-5-19(16)26)8-17(24)23(22)32-13-14-6-7-20(27)21(28)9-14/h3-11,30H,2,12-13H2,1H3/b29-11-. The van der Waals surface area contributed by atoms with E-state index < -0.39 is 0 Å². The molecule has 168 valence electrons. The number of ether oxygens (including phenoxy) is 2. The van der Waals surface area contributed by atoms with Gasteiger partial charge in [0.25, 0.3) is 0 Å². The minimum Gasteiger partial charge on any atom is -0.490 e. The monoisotopic (exact) mass is 574 g/mol. The fourth-order valence-corrected chi connectivity index (χ4v) is 4.22. The first-order valence-corrected chi connectivity index (χ1v) is 11.9. The van der Waals surface area contributed by atoms with Crippen molar-refractivity contribution < 1.29 is 9.47 Å². The third kappa shape index (κ3) is 6.69. The van der Waals surface area contributed by atoms with Crippen LogP contribution in [0.3, 0.4) is 0 Å². The molecule has 0 aromatic heterocycles. The van der Waals surface area contributed by atoms with Crippen LogP contribution in [-0.4, -0.2) is 12.8 Å². The fraction of sp³-hybridized carbons (Fsp3) is 0.174. The highest BCUT2D eigenvalue weighted by molar-refractivity contribution is 9.10. The molecule has 3 aromatic carbocycles. The van der Waals surface area contributed by atoms with Crippen molar-refractivity contribution in [1.29, 1.82) is 0 Å². The lowest BCUT2D eigenvalue weighted by molar-refractivity contribution is 0.267. The summed E-state index contributed by atoms with van der Waals surface area (Å²) in [4.78, 5) is 0. The van der Waals surface area contributed by atoms with Gasteiger partial charge in [0.2, 0.25) is 0 Å². The Balaban J connectivity index is 1.71. The Morgan fingerprint density at radius 1 is 0.938 bits per heavy atom. The molecule has 0 bridgehead atoms. The molecular weight excluding hydrogens is 558 g/mol. The normalized spacial score (nSPS) is 11.1. The van der Waals surface area contributed by atoms with E-state index in [9.17, 15) is 0 Å². The average molecular weight is 577 g/mol. The van der Waals surface area contributed by atoms with E-state index in [1.54, 1.807) is 36.5 Å². The Bertz CT molecular complexity index is 1110. The molecule has 0 radical (unpaired) electrons. The highest BCUT2D eigenvalue weighted by Crippen LogP contribution is 2.37. The molecule has 1 N–H and O–H groups in total. The minimum absolute atomic E-state index is 0.309. The van der Waals surface area contributed by atoms with Crippen LogP contribution in [0.4, 0.5) is 0 Å². The molecule has 0 fully saturated rings. The van der Waals surface area contributed by atoms with E-state index in [1.165, 1.54) is 0 Å². The third-order valence-corrected chi connectivity index (χ3v) is 6.36. The zero-order valence-corrected chi connectivity index (χ0v) is 21.6. The van der Waals surface area contributed by atoms with Gasteiger partial charge in [-0.3, -0.25) is 0 Å². The lowest BCUT2D eigenvalue weighted by Crippen LogP contribution is -2.07. The van der Waals surface area contributed by atoms with Crippen LogP contribution in [0.2, 0.25) is 20.1 Å². The third-order valence-electron chi connectivity index (χ3n) is 4.32. The zero-order valence-electron chi connectivity index (χ0n) is 17.0. The van der Waals surface area contributed by atoms with Gasteiger partial charge in [-0.25, -0.2) is 0 Å². The van der Waals surface area contributed by atoms with Crippen molar-refractivity contribution in [3.63, 3.8) is 0 Å². The summed E-state index contributed by atoms with van der Waals surface area (Å²) in [5.74, 6) is 1.18. The maximum atomic E-state index is 6.18. The van der Waals surface area contributed by atoms with Gasteiger partial charge in [0.15, 0.2) is 11.5 Å². The van der Waals surface area contributed by atoms with E-state index >= 15 is 0 Å². The largest absolute Gasteiger partial charge is 0.490 e. The van der Waals surface area contributed by atoms with Gasteiger partial charge >= 0.3 is 0 Å². The van der Waals surface area contributed by atoms with E-state index in [2.05, 4.69) is 26.5 Å². The topological polar surface area (TPSA) is 42.8 Å². The number of hydrogen-bond acceptors (Lipinski definition) is 4. The molecule has 4 nitrogen and oxygen atoms in total. The smallest absolute Gasteiger partial charge is 0.175 e. The summed E-state index contributed by atoms with van der Waals surface area (Å²) in [5, 5.41) is 6.42. The molecular formula is C23H19BrCl4N2O2. The number of rotatable bonds is 9. The highest BCUT2D eigenvalue weighted by atomic mass is 79.9. The summed E-state index contributed by atoms with van der Waals surface area (Å²) in [5.41, 5.74) is 5.46. The molecule has 0 amide bonds. The van der Waals surface area contributed by atoms with Crippen molar-refractivity contribution in [3.05, 3.63) is 89.8 Å². The second kappa shape index (κ2) is 12.0. The molecule has 0 saturated heterocycles. The van der Waals surface area contributed by atoms with Crippen LogP contribution in [-0.2, 0) is 13.2 Å². The molecule has 9 heteroatoms. The highest BCUT2D eigenvalue weighted by Gasteiger charge is 2.13. The lowest BCUT2D eigenvalue weighted by Gasteiger charge is -2.15. The fourth-order valence-electron chi connectivity index (χ4n) is 2.80. The summed E-state index contributed by atoms with van der Waals surface area (Å²) < 4.78 is 12.5. The van der Waals surface area contributed by atoms with Gasteiger partial charge < -0.3 is 14.9 Å². The van der Waals surface area contributed by atoms with Gasteiger partial charge in [0.1, 0.15) is 6.61 Å². The average Bonchev–Trinajstić information content (AvgIpc) is 2.75. The summed E-state index contributed by atoms with van der Waals surface area (Å²) in [6.45, 7) is 3.11. The van der Waals surface area contributed by atoms with Crippen LogP contribution in [0, 0.1) is 0 Å². The second-order valence-electron chi connectivity index (χ2n) is 6.59. The van der Waals surface area contributed by atoms with E-state index in [0.717, 1.165) is 21.2 Å². The van der Waals surface area contributed by atoms with Crippen LogP contribution in [0.5, 0.6) is 11.5 Å². The first-order chi connectivity index (χ1) is 15.4. The molecule has 0 aliphatic rings.